The van der Waals surface area contributed by atoms with E-state index in [0.29, 0.717) is 16.8 Å². The minimum absolute atomic E-state index is 0.203. The SMILES string of the molecule is Cc1cc(F)ccc1Nc1nc(C(C)(C)C)nc(Cl)c1C. The van der Waals surface area contributed by atoms with E-state index in [1.807, 2.05) is 34.6 Å². The van der Waals surface area contributed by atoms with Crippen LogP contribution in [0.4, 0.5) is 15.9 Å². The molecule has 0 unspecified atom stereocenters. The Morgan fingerprint density at radius 2 is 1.81 bits per heavy atom. The summed E-state index contributed by atoms with van der Waals surface area (Å²) in [6, 6.07) is 4.58. The third-order valence-corrected chi connectivity index (χ3v) is 3.57. The van der Waals surface area contributed by atoms with Crippen molar-refractivity contribution in [1.29, 1.82) is 0 Å². The summed E-state index contributed by atoms with van der Waals surface area (Å²) in [5, 5.41) is 3.65. The second-order valence-corrected chi connectivity index (χ2v) is 6.50. The van der Waals surface area contributed by atoms with E-state index in [0.717, 1.165) is 16.8 Å². The smallest absolute Gasteiger partial charge is 0.138 e. The zero-order chi connectivity index (χ0) is 15.8. The Bertz CT molecular complexity index is 678. The average Bonchev–Trinajstić information content (AvgIpc) is 2.36. The highest BCUT2D eigenvalue weighted by molar-refractivity contribution is 6.30. The molecule has 0 radical (unpaired) electrons. The van der Waals surface area contributed by atoms with Gasteiger partial charge in [0.1, 0.15) is 22.6 Å². The first-order valence-electron chi connectivity index (χ1n) is 6.76. The van der Waals surface area contributed by atoms with Crippen LogP contribution in [-0.4, -0.2) is 9.97 Å². The zero-order valence-corrected chi connectivity index (χ0v) is 13.6. The predicted molar refractivity (Wildman–Crippen MR) is 84.9 cm³/mol. The van der Waals surface area contributed by atoms with E-state index >= 15 is 0 Å². The highest BCUT2D eigenvalue weighted by Crippen LogP contribution is 2.29. The standard InChI is InChI=1S/C16H19ClFN3/c1-9-8-11(18)6-7-12(9)19-14-10(2)13(17)20-15(21-14)16(3,4)5/h6-8H,1-5H3,(H,19,20,21). The minimum Gasteiger partial charge on any atom is -0.340 e. The molecule has 0 saturated carbocycles. The summed E-state index contributed by atoms with van der Waals surface area (Å²) in [5.41, 5.74) is 2.18. The number of nitrogens with zero attached hydrogens (tertiary/aromatic N) is 2. The Balaban J connectivity index is 2.46. The average molecular weight is 308 g/mol. The predicted octanol–water partition coefficient (Wildman–Crippen LogP) is 4.93. The molecule has 3 nitrogen and oxygen atoms in total. The molecule has 1 aromatic carbocycles. The van der Waals surface area contributed by atoms with E-state index in [-0.39, 0.29) is 11.2 Å². The van der Waals surface area contributed by atoms with E-state index in [4.69, 9.17) is 11.6 Å². The topological polar surface area (TPSA) is 37.8 Å². The molecule has 2 rings (SSSR count). The molecule has 1 N–H and O–H groups in total. The number of aromatic nitrogens is 2. The lowest BCUT2D eigenvalue weighted by molar-refractivity contribution is 0.545. The maximum absolute atomic E-state index is 13.2. The molecule has 0 bridgehead atoms. The molecule has 2 aromatic rings. The van der Waals surface area contributed by atoms with Crippen molar-refractivity contribution in [3.05, 3.63) is 46.1 Å². The van der Waals surface area contributed by atoms with E-state index in [2.05, 4.69) is 15.3 Å². The van der Waals surface area contributed by atoms with E-state index in [1.54, 1.807) is 6.07 Å². The lowest BCUT2D eigenvalue weighted by atomic mass is 9.95. The number of rotatable bonds is 2. The second-order valence-electron chi connectivity index (χ2n) is 6.15. The molecule has 0 aliphatic heterocycles. The lowest BCUT2D eigenvalue weighted by Gasteiger charge is -2.20. The Morgan fingerprint density at radius 3 is 2.38 bits per heavy atom. The molecule has 112 valence electrons. The van der Waals surface area contributed by atoms with E-state index in [9.17, 15) is 4.39 Å². The molecule has 5 heteroatoms. The second kappa shape index (κ2) is 5.60. The summed E-state index contributed by atoms with van der Waals surface area (Å²) in [5.74, 6) is 1.06. The van der Waals surface area contributed by atoms with E-state index in [1.165, 1.54) is 12.1 Å². The molecule has 1 heterocycles. The molecule has 0 saturated heterocycles. The summed E-state index contributed by atoms with van der Waals surface area (Å²) >= 11 is 6.21. The van der Waals surface area contributed by atoms with Crippen LogP contribution in [0.5, 0.6) is 0 Å². The van der Waals surface area contributed by atoms with Gasteiger partial charge in [0.2, 0.25) is 0 Å². The van der Waals surface area contributed by atoms with Crippen molar-refractivity contribution < 1.29 is 4.39 Å². The maximum Gasteiger partial charge on any atom is 0.138 e. The first-order chi connectivity index (χ1) is 9.68. The molecule has 0 spiro atoms. The monoisotopic (exact) mass is 307 g/mol. The summed E-state index contributed by atoms with van der Waals surface area (Å²) in [7, 11) is 0. The summed E-state index contributed by atoms with van der Waals surface area (Å²) < 4.78 is 13.2. The first kappa shape index (κ1) is 15.7. The molecule has 0 aliphatic rings. The van der Waals surface area contributed by atoms with Crippen molar-refractivity contribution in [2.45, 2.75) is 40.0 Å². The number of benzene rings is 1. The molecular weight excluding hydrogens is 289 g/mol. The Morgan fingerprint density at radius 1 is 1.14 bits per heavy atom. The molecule has 0 amide bonds. The highest BCUT2D eigenvalue weighted by atomic mass is 35.5. The molecule has 1 aromatic heterocycles. The number of halogens is 2. The van der Waals surface area contributed by atoms with Crippen molar-refractivity contribution in [2.75, 3.05) is 5.32 Å². The molecule has 0 atom stereocenters. The van der Waals surface area contributed by atoms with Gasteiger partial charge in [0.05, 0.1) is 0 Å². The lowest BCUT2D eigenvalue weighted by Crippen LogP contribution is -2.17. The number of nitrogens with one attached hydrogen (secondary N) is 1. The van der Waals surface area contributed by atoms with Crippen molar-refractivity contribution in [3.8, 4) is 0 Å². The van der Waals surface area contributed by atoms with Gasteiger partial charge in [-0.1, -0.05) is 32.4 Å². The molecule has 0 fully saturated rings. The molecule has 21 heavy (non-hydrogen) atoms. The van der Waals surface area contributed by atoms with Gasteiger partial charge < -0.3 is 5.32 Å². The minimum atomic E-state index is -0.258. The van der Waals surface area contributed by atoms with Gasteiger partial charge in [0.15, 0.2) is 0 Å². The Hall–Kier alpha value is -1.68. The van der Waals surface area contributed by atoms with Crippen LogP contribution in [0.15, 0.2) is 18.2 Å². The third-order valence-electron chi connectivity index (χ3n) is 3.20. The van der Waals surface area contributed by atoms with Crippen molar-refractivity contribution in [3.63, 3.8) is 0 Å². The number of aryl methyl sites for hydroxylation is 1. The van der Waals surface area contributed by atoms with Gasteiger partial charge >= 0.3 is 0 Å². The van der Waals surface area contributed by atoms with Gasteiger partial charge in [-0.05, 0) is 37.6 Å². The summed E-state index contributed by atoms with van der Waals surface area (Å²) in [6.07, 6.45) is 0. The zero-order valence-electron chi connectivity index (χ0n) is 12.9. The van der Waals surface area contributed by atoms with Crippen molar-refractivity contribution >= 4 is 23.1 Å². The van der Waals surface area contributed by atoms with Gasteiger partial charge in [0, 0.05) is 16.7 Å². The van der Waals surface area contributed by atoms with Gasteiger partial charge in [-0.25, -0.2) is 14.4 Å². The maximum atomic E-state index is 13.2. The van der Waals surface area contributed by atoms with E-state index < -0.39 is 0 Å². The van der Waals surface area contributed by atoms with Crippen LogP contribution in [0.25, 0.3) is 0 Å². The normalized spacial score (nSPS) is 11.6. The number of hydrogen-bond acceptors (Lipinski definition) is 3. The fourth-order valence-electron chi connectivity index (χ4n) is 1.84. The van der Waals surface area contributed by atoms with Crippen LogP contribution >= 0.6 is 11.6 Å². The van der Waals surface area contributed by atoms with Gasteiger partial charge in [-0.3, -0.25) is 0 Å². The van der Waals surface area contributed by atoms with Crippen LogP contribution in [-0.2, 0) is 5.41 Å². The molecule has 0 aliphatic carbocycles. The Labute approximate surface area is 129 Å². The summed E-state index contributed by atoms with van der Waals surface area (Å²) in [6.45, 7) is 9.78. The number of anilines is 2. The summed E-state index contributed by atoms with van der Waals surface area (Å²) in [4.78, 5) is 8.90. The van der Waals surface area contributed by atoms with Gasteiger partial charge in [-0.15, -0.1) is 0 Å². The first-order valence-corrected chi connectivity index (χ1v) is 7.14. The van der Waals surface area contributed by atoms with Crippen molar-refractivity contribution in [1.82, 2.24) is 9.97 Å². The van der Waals surface area contributed by atoms with Crippen LogP contribution in [0.3, 0.4) is 0 Å². The number of hydrogen-bond donors (Lipinski definition) is 1. The van der Waals surface area contributed by atoms with Crippen LogP contribution in [0, 0.1) is 19.7 Å². The Kier molecular flexibility index (Phi) is 4.19. The van der Waals surface area contributed by atoms with Crippen molar-refractivity contribution in [2.24, 2.45) is 0 Å². The van der Waals surface area contributed by atoms with Gasteiger partial charge in [0.25, 0.3) is 0 Å². The van der Waals surface area contributed by atoms with Crippen LogP contribution in [0.1, 0.15) is 37.7 Å². The third kappa shape index (κ3) is 3.50. The van der Waals surface area contributed by atoms with Crippen LogP contribution < -0.4 is 5.32 Å². The highest BCUT2D eigenvalue weighted by Gasteiger charge is 2.20. The fourth-order valence-corrected chi connectivity index (χ4v) is 2.01. The quantitative estimate of drug-likeness (QED) is 0.800. The van der Waals surface area contributed by atoms with Crippen LogP contribution in [0.2, 0.25) is 5.15 Å². The van der Waals surface area contributed by atoms with Gasteiger partial charge in [-0.2, -0.15) is 0 Å². The largest absolute Gasteiger partial charge is 0.340 e. The molecular formula is C16H19ClFN3. The fraction of sp³-hybridized carbons (Fsp3) is 0.375.